The van der Waals surface area contributed by atoms with Crippen molar-refractivity contribution in [2.24, 2.45) is 0 Å². The van der Waals surface area contributed by atoms with E-state index in [1.54, 1.807) is 38.0 Å². The highest BCUT2D eigenvalue weighted by molar-refractivity contribution is 5.83. The molecule has 4 N–H and O–H groups in total. The summed E-state index contributed by atoms with van der Waals surface area (Å²) in [5.74, 6) is -3.40. The molecule has 0 aliphatic carbocycles. The minimum absolute atomic E-state index is 0.0710. The number of aromatic nitrogens is 4. The van der Waals surface area contributed by atoms with Gasteiger partial charge >= 0.3 is 11.9 Å². The molecule has 14 heteroatoms. The minimum atomic E-state index is -2.27. The number of aliphatic carboxylic acids is 2. The smallest absolute Gasteiger partial charge is 0.335 e. The molecule has 0 spiro atoms. The number of nitrogens with zero attached hydrogens (tertiary/aromatic N) is 6. The zero-order chi connectivity index (χ0) is 45.7. The van der Waals surface area contributed by atoms with Gasteiger partial charge in [-0.25, -0.2) is 19.6 Å². The summed E-state index contributed by atoms with van der Waals surface area (Å²) in [4.78, 5) is 56.8. The zero-order valence-corrected chi connectivity index (χ0v) is 36.2. The molecule has 324 valence electrons. The van der Waals surface area contributed by atoms with Crippen molar-refractivity contribution in [3.63, 3.8) is 0 Å². The predicted octanol–water partition coefficient (Wildman–Crippen LogP) is 6.06. The molecular weight excluding hydrogens is 789 g/mol. The summed E-state index contributed by atoms with van der Waals surface area (Å²) in [6.45, 7) is 8.21. The Morgan fingerprint density at radius 1 is 0.500 bits per heavy atom. The standard InChI is InChI=1S/2C19H21N3O.C6H6.C4H6O6/c2*1-13-5-8-15(9-6-13)19-16(11-18(23)21(3)4)22-12-14(2)7-10-17(22)20-19;1-2-4-6-5-3-1;5-1(3(7)8)2(6)4(9)10/h2*5-10,12H,11H2,1-4H3;1-6H;1-2,5-6H,(H,7,8)(H,9,10). The van der Waals surface area contributed by atoms with E-state index in [0.29, 0.717) is 12.8 Å². The van der Waals surface area contributed by atoms with Crippen molar-refractivity contribution in [3.05, 3.63) is 155 Å². The molecule has 7 rings (SSSR count). The van der Waals surface area contributed by atoms with Crippen LogP contribution in [0.25, 0.3) is 33.8 Å². The van der Waals surface area contributed by atoms with E-state index in [4.69, 9.17) is 30.4 Å². The molecule has 4 aromatic heterocycles. The number of hydrogen-bond donors (Lipinski definition) is 4. The van der Waals surface area contributed by atoms with Crippen LogP contribution in [0.3, 0.4) is 0 Å². The van der Waals surface area contributed by atoms with Crippen LogP contribution in [0.1, 0.15) is 33.6 Å². The highest BCUT2D eigenvalue weighted by atomic mass is 16.4. The van der Waals surface area contributed by atoms with E-state index in [2.05, 4.69) is 62.4 Å². The van der Waals surface area contributed by atoms with E-state index in [1.165, 1.54) is 11.1 Å². The van der Waals surface area contributed by atoms with E-state index in [1.807, 2.05) is 95.7 Å². The molecule has 7 aromatic rings. The lowest BCUT2D eigenvalue weighted by Crippen LogP contribution is -2.39. The predicted molar refractivity (Wildman–Crippen MR) is 239 cm³/mol. The summed E-state index contributed by atoms with van der Waals surface area (Å²) in [6.07, 6.45) is 0.216. The SMILES string of the molecule is Cc1ccc(-c2nc3ccc(C)cn3c2CC(=O)N(C)C)cc1.Cc1ccc(-c2nc3ccc(C)cn3c2CC(=O)N(C)C)cc1.O=C(O)C(O)C(O)C(=O)O.c1ccccc1. The van der Waals surface area contributed by atoms with Gasteiger partial charge in [0, 0.05) is 51.7 Å². The number of hydrogen-bond acceptors (Lipinski definition) is 8. The van der Waals surface area contributed by atoms with Gasteiger partial charge in [0.05, 0.1) is 35.6 Å². The third-order valence-electron chi connectivity index (χ3n) is 9.49. The number of carboxylic acid groups (broad SMARTS) is 2. The first-order chi connectivity index (χ1) is 29.4. The van der Waals surface area contributed by atoms with E-state index in [-0.39, 0.29) is 11.8 Å². The lowest BCUT2D eigenvalue weighted by Gasteiger charge is -2.11. The van der Waals surface area contributed by atoms with Crippen molar-refractivity contribution >= 4 is 35.0 Å². The zero-order valence-electron chi connectivity index (χ0n) is 36.2. The second kappa shape index (κ2) is 21.9. The normalized spacial score (nSPS) is 11.5. The fourth-order valence-electron chi connectivity index (χ4n) is 5.88. The van der Waals surface area contributed by atoms with Crippen LogP contribution < -0.4 is 0 Å². The highest BCUT2D eigenvalue weighted by Crippen LogP contribution is 2.27. The van der Waals surface area contributed by atoms with Gasteiger partial charge in [-0.15, -0.1) is 0 Å². The first-order valence-electron chi connectivity index (χ1n) is 19.7. The Bertz CT molecular complexity index is 2410. The Hall–Kier alpha value is -7.16. The Morgan fingerprint density at radius 3 is 1.06 bits per heavy atom. The molecule has 0 aliphatic rings. The molecule has 4 heterocycles. The summed E-state index contributed by atoms with van der Waals surface area (Å²) in [5.41, 5.74) is 12.2. The quantitative estimate of drug-likeness (QED) is 0.133. The number of fused-ring (bicyclic) bond motifs is 2. The Labute approximate surface area is 361 Å². The van der Waals surface area contributed by atoms with Crippen LogP contribution in [0.4, 0.5) is 0 Å². The van der Waals surface area contributed by atoms with Crippen LogP contribution >= 0.6 is 0 Å². The number of carboxylic acids is 2. The largest absolute Gasteiger partial charge is 0.479 e. The third-order valence-corrected chi connectivity index (χ3v) is 9.49. The number of rotatable bonds is 9. The Balaban J connectivity index is 0.000000203. The van der Waals surface area contributed by atoms with Gasteiger partial charge in [-0.1, -0.05) is 108 Å². The van der Waals surface area contributed by atoms with Crippen LogP contribution in [0, 0.1) is 27.7 Å². The molecule has 3 aromatic carbocycles. The molecule has 0 saturated carbocycles. The van der Waals surface area contributed by atoms with Gasteiger partial charge in [-0.3, -0.25) is 9.59 Å². The van der Waals surface area contributed by atoms with Crippen molar-refractivity contribution in [1.82, 2.24) is 28.6 Å². The number of aryl methyl sites for hydroxylation is 4. The number of carbonyl (C=O) groups is 4. The van der Waals surface area contributed by atoms with E-state index >= 15 is 0 Å². The number of aliphatic hydroxyl groups excluding tert-OH is 2. The van der Waals surface area contributed by atoms with Crippen LogP contribution in [0.2, 0.25) is 0 Å². The fraction of sp³-hybridized carbons (Fsp3) is 0.250. The molecule has 62 heavy (non-hydrogen) atoms. The number of aliphatic hydroxyl groups is 2. The van der Waals surface area contributed by atoms with Crippen LogP contribution in [-0.2, 0) is 32.0 Å². The van der Waals surface area contributed by atoms with Gasteiger partial charge in [0.1, 0.15) is 11.3 Å². The van der Waals surface area contributed by atoms with Crippen molar-refractivity contribution in [1.29, 1.82) is 0 Å². The topological polar surface area (TPSA) is 190 Å². The molecule has 0 saturated heterocycles. The first-order valence-corrected chi connectivity index (χ1v) is 19.7. The van der Waals surface area contributed by atoms with Crippen molar-refractivity contribution in [2.45, 2.75) is 52.7 Å². The van der Waals surface area contributed by atoms with Crippen molar-refractivity contribution in [3.8, 4) is 22.5 Å². The lowest BCUT2D eigenvalue weighted by molar-refractivity contribution is -0.165. The maximum atomic E-state index is 12.3. The van der Waals surface area contributed by atoms with Gasteiger partial charge in [-0.05, 0) is 51.0 Å². The molecule has 14 nitrogen and oxygen atoms in total. The third kappa shape index (κ3) is 12.9. The maximum absolute atomic E-state index is 12.3. The van der Waals surface area contributed by atoms with E-state index in [0.717, 1.165) is 56.3 Å². The Kier molecular flexibility index (Phi) is 16.8. The van der Waals surface area contributed by atoms with Crippen LogP contribution in [-0.4, -0.2) is 113 Å². The molecule has 0 aliphatic heterocycles. The summed E-state index contributed by atoms with van der Waals surface area (Å²) in [5, 5.41) is 32.5. The summed E-state index contributed by atoms with van der Waals surface area (Å²) >= 11 is 0. The van der Waals surface area contributed by atoms with E-state index < -0.39 is 24.1 Å². The number of carbonyl (C=O) groups excluding carboxylic acids is 2. The second-order valence-corrected chi connectivity index (χ2v) is 15.1. The minimum Gasteiger partial charge on any atom is -0.479 e. The molecule has 0 bridgehead atoms. The Morgan fingerprint density at radius 2 is 0.790 bits per heavy atom. The number of likely N-dealkylation sites (N-methyl/N-ethyl adjacent to an activating group) is 2. The van der Waals surface area contributed by atoms with Crippen molar-refractivity contribution < 1.29 is 39.6 Å². The average Bonchev–Trinajstić information content (AvgIpc) is 3.78. The average molecular weight is 843 g/mol. The van der Waals surface area contributed by atoms with Gasteiger partial charge in [0.25, 0.3) is 0 Å². The van der Waals surface area contributed by atoms with E-state index in [9.17, 15) is 19.2 Å². The van der Waals surface area contributed by atoms with Crippen LogP contribution in [0.5, 0.6) is 0 Å². The summed E-state index contributed by atoms with van der Waals surface area (Å²) < 4.78 is 4.07. The summed E-state index contributed by atoms with van der Waals surface area (Å²) in [6, 6.07) is 36.6. The monoisotopic (exact) mass is 842 g/mol. The molecule has 2 atom stereocenters. The first kappa shape index (κ1) is 47.5. The number of benzene rings is 3. The molecule has 2 unspecified atom stereocenters. The molecular formula is C48H54N6O8. The number of imidazole rings is 2. The highest BCUT2D eigenvalue weighted by Gasteiger charge is 2.29. The van der Waals surface area contributed by atoms with Crippen molar-refractivity contribution in [2.75, 3.05) is 28.2 Å². The van der Waals surface area contributed by atoms with Crippen LogP contribution in [0.15, 0.2) is 122 Å². The second-order valence-electron chi connectivity index (χ2n) is 15.1. The molecule has 0 radical (unpaired) electrons. The van der Waals surface area contributed by atoms with Gasteiger partial charge in [-0.2, -0.15) is 0 Å². The van der Waals surface area contributed by atoms with Gasteiger partial charge in [0.2, 0.25) is 11.8 Å². The number of pyridine rings is 2. The van der Waals surface area contributed by atoms with Gasteiger partial charge < -0.3 is 39.0 Å². The number of amides is 2. The fourth-order valence-corrected chi connectivity index (χ4v) is 5.88. The lowest BCUT2D eigenvalue weighted by atomic mass is 10.1. The maximum Gasteiger partial charge on any atom is 0.335 e. The molecule has 0 fully saturated rings. The summed E-state index contributed by atoms with van der Waals surface area (Å²) in [7, 11) is 7.12. The molecule has 2 amide bonds. The van der Waals surface area contributed by atoms with Gasteiger partial charge in [0.15, 0.2) is 12.2 Å².